The van der Waals surface area contributed by atoms with Crippen LogP contribution in [0.1, 0.15) is 31.9 Å². The van der Waals surface area contributed by atoms with Crippen LogP contribution in [0.15, 0.2) is 60.7 Å². The Kier molecular flexibility index (Phi) is 4.92. The molecule has 1 fully saturated rings. The van der Waals surface area contributed by atoms with Crippen molar-refractivity contribution >= 4 is 5.97 Å². The highest BCUT2D eigenvalue weighted by molar-refractivity contribution is 5.82. The van der Waals surface area contributed by atoms with Gasteiger partial charge in [0, 0.05) is 12.1 Å². The minimum Gasteiger partial charge on any atom is -0.459 e. The molecule has 0 bridgehead atoms. The van der Waals surface area contributed by atoms with E-state index >= 15 is 0 Å². The van der Waals surface area contributed by atoms with E-state index in [2.05, 4.69) is 28.9 Å². The van der Waals surface area contributed by atoms with E-state index in [0.29, 0.717) is 6.54 Å². The van der Waals surface area contributed by atoms with E-state index in [1.165, 1.54) is 5.56 Å². The molecule has 3 nitrogen and oxygen atoms in total. The van der Waals surface area contributed by atoms with E-state index in [-0.39, 0.29) is 18.1 Å². The van der Waals surface area contributed by atoms with Crippen LogP contribution in [0, 0.1) is 11.8 Å². The second kappa shape index (κ2) is 7.13. The van der Waals surface area contributed by atoms with Crippen molar-refractivity contribution in [3.8, 4) is 11.8 Å². The van der Waals surface area contributed by atoms with Crippen molar-refractivity contribution in [2.24, 2.45) is 0 Å². The van der Waals surface area contributed by atoms with Crippen LogP contribution < -0.4 is 0 Å². The van der Waals surface area contributed by atoms with Crippen LogP contribution in [0.2, 0.25) is 0 Å². The maximum absolute atomic E-state index is 12.5. The lowest BCUT2D eigenvalue weighted by Gasteiger charge is -2.19. The van der Waals surface area contributed by atoms with Crippen LogP contribution in [0.5, 0.6) is 0 Å². The molecule has 1 aliphatic rings. The highest BCUT2D eigenvalue weighted by Crippen LogP contribution is 2.32. The smallest absolute Gasteiger partial charge is 0.326 e. The van der Waals surface area contributed by atoms with E-state index in [0.717, 1.165) is 5.56 Å². The van der Waals surface area contributed by atoms with Gasteiger partial charge < -0.3 is 4.74 Å². The Labute approximate surface area is 149 Å². The first-order valence-corrected chi connectivity index (χ1v) is 8.53. The normalized spacial score (nSPS) is 21.8. The first-order chi connectivity index (χ1) is 11.9. The lowest BCUT2D eigenvalue weighted by molar-refractivity contribution is -0.155. The number of hydrogen-bond acceptors (Lipinski definition) is 3. The Morgan fingerprint density at radius 3 is 2.24 bits per heavy atom. The number of carbonyl (C=O) groups excluding carboxylic acids is 1. The predicted octanol–water partition coefficient (Wildman–Crippen LogP) is 3.63. The molecule has 2 aromatic carbocycles. The molecular weight excluding hydrogens is 310 g/mol. The SMILES string of the molecule is CC(C)(C)OC(=O)[C@H]1[C@H](C#Cc2ccccc2)N1Cc1ccccc1. The number of benzene rings is 2. The first-order valence-electron chi connectivity index (χ1n) is 8.53. The topological polar surface area (TPSA) is 29.3 Å². The molecule has 3 rings (SSSR count). The Balaban J connectivity index is 1.76. The number of carbonyl (C=O) groups is 1. The molecule has 0 amide bonds. The molecule has 2 aromatic rings. The summed E-state index contributed by atoms with van der Waals surface area (Å²) in [6, 6.07) is 19.6. The fourth-order valence-corrected chi connectivity index (χ4v) is 2.73. The molecule has 0 spiro atoms. The third-order valence-corrected chi connectivity index (χ3v) is 3.92. The summed E-state index contributed by atoms with van der Waals surface area (Å²) in [5.74, 6) is 6.21. The number of esters is 1. The molecule has 25 heavy (non-hydrogen) atoms. The van der Waals surface area contributed by atoms with Crippen LogP contribution >= 0.6 is 0 Å². The van der Waals surface area contributed by atoms with Crippen LogP contribution in [0.3, 0.4) is 0 Å². The molecule has 0 aliphatic carbocycles. The van der Waals surface area contributed by atoms with Crippen LogP contribution in [0.4, 0.5) is 0 Å². The first kappa shape index (κ1) is 17.3. The molecule has 3 atom stereocenters. The molecule has 0 N–H and O–H groups in total. The van der Waals surface area contributed by atoms with E-state index < -0.39 is 5.60 Å². The molecule has 1 heterocycles. The van der Waals surface area contributed by atoms with Gasteiger partial charge in [-0.1, -0.05) is 60.4 Å². The Morgan fingerprint density at radius 2 is 1.64 bits per heavy atom. The molecule has 0 saturated carbocycles. The lowest BCUT2D eigenvalue weighted by atomic mass is 10.2. The molecule has 0 radical (unpaired) electrons. The maximum Gasteiger partial charge on any atom is 0.326 e. The second-order valence-electron chi connectivity index (χ2n) is 7.22. The number of rotatable bonds is 3. The zero-order chi connectivity index (χ0) is 17.9. The van der Waals surface area contributed by atoms with E-state index in [9.17, 15) is 4.79 Å². The average Bonchev–Trinajstić information content (AvgIpc) is 3.26. The van der Waals surface area contributed by atoms with Gasteiger partial charge >= 0.3 is 5.97 Å². The minimum atomic E-state index is -0.491. The molecule has 1 unspecified atom stereocenters. The summed E-state index contributed by atoms with van der Waals surface area (Å²) < 4.78 is 5.56. The van der Waals surface area contributed by atoms with Gasteiger partial charge in [-0.15, -0.1) is 0 Å². The third kappa shape index (κ3) is 4.71. The summed E-state index contributed by atoms with van der Waals surface area (Å²) in [6.07, 6.45) is 0. The second-order valence-corrected chi connectivity index (χ2v) is 7.22. The van der Waals surface area contributed by atoms with E-state index in [1.54, 1.807) is 0 Å². The lowest BCUT2D eigenvalue weighted by Crippen LogP contribution is -2.28. The standard InChI is InChI=1S/C22H23NO2/c1-22(2,3)25-21(24)20-19(15-14-17-10-6-4-7-11-17)23(20)16-18-12-8-5-9-13-18/h4-13,19-20H,16H2,1-3H3/t19-,20+,23?/m0/s1. The zero-order valence-corrected chi connectivity index (χ0v) is 14.9. The molecule has 1 aliphatic heterocycles. The summed E-state index contributed by atoms with van der Waals surface area (Å²) in [7, 11) is 0. The molecule has 0 aromatic heterocycles. The third-order valence-electron chi connectivity index (χ3n) is 3.92. The van der Waals surface area contributed by atoms with E-state index in [4.69, 9.17) is 4.74 Å². The summed E-state index contributed by atoms with van der Waals surface area (Å²) in [5.41, 5.74) is 1.63. The maximum atomic E-state index is 12.5. The van der Waals surface area contributed by atoms with Crippen molar-refractivity contribution < 1.29 is 9.53 Å². The molecule has 1 saturated heterocycles. The van der Waals surface area contributed by atoms with Gasteiger partial charge in [0.15, 0.2) is 0 Å². The Morgan fingerprint density at radius 1 is 1.04 bits per heavy atom. The quantitative estimate of drug-likeness (QED) is 0.488. The van der Waals surface area contributed by atoms with Crippen LogP contribution in [-0.2, 0) is 16.1 Å². The summed E-state index contributed by atoms with van der Waals surface area (Å²) in [6.45, 7) is 6.36. The Hall–Kier alpha value is -2.57. The van der Waals surface area contributed by atoms with Gasteiger partial charge in [-0.25, -0.2) is 0 Å². The van der Waals surface area contributed by atoms with Crippen molar-refractivity contribution in [2.45, 2.75) is 45.0 Å². The number of ether oxygens (including phenoxy) is 1. The van der Waals surface area contributed by atoms with Gasteiger partial charge in [0.25, 0.3) is 0 Å². The number of nitrogens with zero attached hydrogens (tertiary/aromatic N) is 1. The Bertz CT molecular complexity index is 782. The fraction of sp³-hybridized carbons (Fsp3) is 0.318. The van der Waals surface area contributed by atoms with Gasteiger partial charge in [-0.2, -0.15) is 0 Å². The largest absolute Gasteiger partial charge is 0.459 e. The zero-order valence-electron chi connectivity index (χ0n) is 14.9. The van der Waals surface area contributed by atoms with E-state index in [1.807, 2.05) is 69.3 Å². The predicted molar refractivity (Wildman–Crippen MR) is 98.7 cm³/mol. The minimum absolute atomic E-state index is 0.102. The van der Waals surface area contributed by atoms with Crippen LogP contribution in [-0.4, -0.2) is 28.6 Å². The van der Waals surface area contributed by atoms with Gasteiger partial charge in [-0.05, 0) is 38.5 Å². The van der Waals surface area contributed by atoms with Gasteiger partial charge in [0.05, 0.1) is 6.04 Å². The summed E-state index contributed by atoms with van der Waals surface area (Å²) >= 11 is 0. The van der Waals surface area contributed by atoms with Crippen molar-refractivity contribution in [3.63, 3.8) is 0 Å². The van der Waals surface area contributed by atoms with Crippen molar-refractivity contribution in [1.82, 2.24) is 4.90 Å². The number of hydrogen-bond donors (Lipinski definition) is 0. The van der Waals surface area contributed by atoms with Crippen molar-refractivity contribution in [1.29, 1.82) is 0 Å². The molecule has 128 valence electrons. The summed E-state index contributed by atoms with van der Waals surface area (Å²) in [4.78, 5) is 14.6. The van der Waals surface area contributed by atoms with Crippen molar-refractivity contribution in [2.75, 3.05) is 0 Å². The van der Waals surface area contributed by atoms with Gasteiger partial charge in [0.2, 0.25) is 0 Å². The highest BCUT2D eigenvalue weighted by atomic mass is 16.6. The van der Waals surface area contributed by atoms with Crippen molar-refractivity contribution in [3.05, 3.63) is 71.8 Å². The van der Waals surface area contributed by atoms with Gasteiger partial charge in [-0.3, -0.25) is 9.69 Å². The molecule has 3 heteroatoms. The summed E-state index contributed by atoms with van der Waals surface area (Å²) in [5, 5.41) is 0. The van der Waals surface area contributed by atoms with Crippen LogP contribution in [0.25, 0.3) is 0 Å². The van der Waals surface area contributed by atoms with Gasteiger partial charge in [0.1, 0.15) is 11.6 Å². The fourth-order valence-electron chi connectivity index (χ4n) is 2.73. The highest BCUT2D eigenvalue weighted by Gasteiger charge is 2.53. The monoisotopic (exact) mass is 333 g/mol. The average molecular weight is 333 g/mol. The molecular formula is C22H23NO2.